The molecule has 1 saturated heterocycles. The van der Waals surface area contributed by atoms with Gasteiger partial charge in [-0.1, -0.05) is 20.8 Å². The second-order valence-corrected chi connectivity index (χ2v) is 9.51. The third-order valence-corrected chi connectivity index (χ3v) is 6.53. The molecule has 6 nitrogen and oxygen atoms in total. The Morgan fingerprint density at radius 3 is 2.52 bits per heavy atom. The zero-order valence-corrected chi connectivity index (χ0v) is 17.6. The van der Waals surface area contributed by atoms with Crippen LogP contribution >= 0.6 is 0 Å². The first-order chi connectivity index (χ1) is 13.8. The van der Waals surface area contributed by atoms with Gasteiger partial charge in [-0.05, 0) is 49.8 Å². The fourth-order valence-corrected chi connectivity index (χ4v) is 4.64. The maximum absolute atomic E-state index is 12.7. The summed E-state index contributed by atoms with van der Waals surface area (Å²) in [5, 5.41) is 0. The van der Waals surface area contributed by atoms with E-state index < -0.39 is 0 Å². The summed E-state index contributed by atoms with van der Waals surface area (Å²) >= 11 is 0. The van der Waals surface area contributed by atoms with Gasteiger partial charge in [0.2, 0.25) is 5.91 Å². The number of hydrogen-bond acceptors (Lipinski definition) is 4. The number of carbonyl (C=O) groups is 1. The molecule has 154 valence electrons. The molecule has 29 heavy (non-hydrogen) atoms. The molecule has 0 saturated carbocycles. The molecule has 1 N–H and O–H groups in total. The highest BCUT2D eigenvalue weighted by Crippen LogP contribution is 2.44. The number of piperidine rings is 1. The van der Waals surface area contributed by atoms with Gasteiger partial charge in [0.1, 0.15) is 5.82 Å². The first-order valence-corrected chi connectivity index (χ1v) is 10.6. The quantitative estimate of drug-likeness (QED) is 0.868. The van der Waals surface area contributed by atoms with Gasteiger partial charge < -0.3 is 9.88 Å². The SMILES string of the molecule is CC(C)(C)c1nc2c(c(=O)[nH]1)CCC21CCN(C(=O)CCc2ccncc2)CC1. The Hall–Kier alpha value is -2.50. The zero-order chi connectivity index (χ0) is 20.6. The minimum Gasteiger partial charge on any atom is -0.343 e. The summed E-state index contributed by atoms with van der Waals surface area (Å²) < 4.78 is 0. The fraction of sp³-hybridized carbons (Fsp3) is 0.565. The number of aromatic amines is 1. The molecule has 6 heteroatoms. The summed E-state index contributed by atoms with van der Waals surface area (Å²) in [6.45, 7) is 7.71. The van der Waals surface area contributed by atoms with Crippen LogP contribution in [0.3, 0.4) is 0 Å². The number of rotatable bonds is 3. The van der Waals surface area contributed by atoms with E-state index in [2.05, 4.69) is 30.7 Å². The van der Waals surface area contributed by atoms with Crippen molar-refractivity contribution in [2.24, 2.45) is 0 Å². The first-order valence-electron chi connectivity index (χ1n) is 10.6. The molecule has 2 aliphatic rings. The smallest absolute Gasteiger partial charge is 0.254 e. The Morgan fingerprint density at radius 1 is 1.17 bits per heavy atom. The topological polar surface area (TPSA) is 79.0 Å². The van der Waals surface area contributed by atoms with E-state index in [0.29, 0.717) is 6.42 Å². The first kappa shape index (κ1) is 19.8. The van der Waals surface area contributed by atoms with Crippen molar-refractivity contribution in [3.8, 4) is 0 Å². The number of likely N-dealkylation sites (tertiary alicyclic amines) is 1. The number of hydrogen-bond donors (Lipinski definition) is 1. The number of nitrogens with zero attached hydrogens (tertiary/aromatic N) is 3. The van der Waals surface area contributed by atoms with Crippen LogP contribution in [0.5, 0.6) is 0 Å². The molecular formula is C23H30N4O2. The molecule has 0 atom stereocenters. The van der Waals surface area contributed by atoms with Gasteiger partial charge in [-0.3, -0.25) is 14.6 Å². The van der Waals surface area contributed by atoms with Crippen molar-refractivity contribution < 1.29 is 4.79 Å². The van der Waals surface area contributed by atoms with Gasteiger partial charge in [-0.25, -0.2) is 4.98 Å². The number of pyridine rings is 1. The minimum atomic E-state index is -0.193. The normalized spacial score (nSPS) is 18.1. The standard InChI is InChI=1S/C23H30N4O2/c1-22(2,3)21-25-19-17(20(29)26-21)6-9-23(19)10-14-27(15-11-23)18(28)5-4-16-7-12-24-13-8-16/h7-8,12-13H,4-6,9-11,14-15H2,1-3H3,(H,25,26,29). The molecule has 2 aromatic heterocycles. The Labute approximate surface area is 171 Å². The fourth-order valence-electron chi connectivity index (χ4n) is 4.64. The Bertz CT molecular complexity index is 951. The van der Waals surface area contributed by atoms with E-state index in [1.54, 1.807) is 12.4 Å². The molecule has 4 rings (SSSR count). The molecule has 0 aromatic carbocycles. The maximum Gasteiger partial charge on any atom is 0.254 e. The predicted molar refractivity (Wildman–Crippen MR) is 112 cm³/mol. The van der Waals surface area contributed by atoms with Gasteiger partial charge in [0, 0.05) is 48.3 Å². The Morgan fingerprint density at radius 2 is 1.86 bits per heavy atom. The third-order valence-electron chi connectivity index (χ3n) is 6.53. The van der Waals surface area contributed by atoms with Crippen LogP contribution in [0.4, 0.5) is 0 Å². The van der Waals surface area contributed by atoms with E-state index in [1.807, 2.05) is 17.0 Å². The van der Waals surface area contributed by atoms with Crippen LogP contribution in [0, 0.1) is 0 Å². The van der Waals surface area contributed by atoms with Crippen LogP contribution in [0.1, 0.15) is 69.1 Å². The molecular weight excluding hydrogens is 364 g/mol. The van der Waals surface area contributed by atoms with E-state index in [1.165, 1.54) is 0 Å². The van der Waals surface area contributed by atoms with Gasteiger partial charge in [0.05, 0.1) is 5.69 Å². The van der Waals surface area contributed by atoms with Crippen molar-refractivity contribution >= 4 is 5.91 Å². The molecule has 0 radical (unpaired) electrons. The summed E-state index contributed by atoms with van der Waals surface area (Å²) in [5.74, 6) is 0.975. The number of carbonyl (C=O) groups excluding carboxylic acids is 1. The van der Waals surface area contributed by atoms with Gasteiger partial charge in [0.15, 0.2) is 0 Å². The van der Waals surface area contributed by atoms with Crippen molar-refractivity contribution in [1.29, 1.82) is 0 Å². The van der Waals surface area contributed by atoms with Crippen molar-refractivity contribution in [2.45, 2.75) is 70.1 Å². The summed E-state index contributed by atoms with van der Waals surface area (Å²) in [4.78, 5) is 39.3. The highest BCUT2D eigenvalue weighted by molar-refractivity contribution is 5.76. The molecule has 0 bridgehead atoms. The summed E-state index contributed by atoms with van der Waals surface area (Å²) in [7, 11) is 0. The number of amides is 1. The molecule has 1 fully saturated rings. The third kappa shape index (κ3) is 3.85. The largest absolute Gasteiger partial charge is 0.343 e. The lowest BCUT2D eigenvalue weighted by atomic mass is 9.76. The van der Waals surface area contributed by atoms with Crippen molar-refractivity contribution in [1.82, 2.24) is 19.9 Å². The van der Waals surface area contributed by atoms with Crippen LogP contribution in [0.15, 0.2) is 29.3 Å². The van der Waals surface area contributed by atoms with Crippen LogP contribution in [-0.4, -0.2) is 38.8 Å². The number of fused-ring (bicyclic) bond motifs is 2. The number of H-pyrrole nitrogens is 1. The van der Waals surface area contributed by atoms with Gasteiger partial charge in [-0.2, -0.15) is 0 Å². The van der Waals surface area contributed by atoms with Gasteiger partial charge in [0.25, 0.3) is 5.56 Å². The molecule has 2 aromatic rings. The highest BCUT2D eigenvalue weighted by Gasteiger charge is 2.44. The maximum atomic E-state index is 12.7. The van der Waals surface area contributed by atoms with Gasteiger partial charge >= 0.3 is 0 Å². The van der Waals surface area contributed by atoms with E-state index in [9.17, 15) is 9.59 Å². The average molecular weight is 395 g/mol. The summed E-state index contributed by atoms with van der Waals surface area (Å²) in [6, 6.07) is 3.92. The number of aryl methyl sites for hydroxylation is 1. The lowest BCUT2D eigenvalue weighted by Crippen LogP contribution is -2.45. The van der Waals surface area contributed by atoms with Crippen molar-refractivity contribution in [3.63, 3.8) is 0 Å². The summed E-state index contributed by atoms with van der Waals surface area (Å²) in [6.07, 6.45) is 8.34. The van der Waals surface area contributed by atoms with Crippen molar-refractivity contribution in [3.05, 3.63) is 57.5 Å². The molecule has 1 aliphatic carbocycles. The second-order valence-electron chi connectivity index (χ2n) is 9.51. The molecule has 3 heterocycles. The van der Waals surface area contributed by atoms with Gasteiger partial charge in [-0.15, -0.1) is 0 Å². The lowest BCUT2D eigenvalue weighted by Gasteiger charge is -2.39. The van der Waals surface area contributed by atoms with E-state index in [0.717, 1.165) is 67.8 Å². The van der Waals surface area contributed by atoms with E-state index in [4.69, 9.17) is 4.98 Å². The molecule has 1 spiro atoms. The highest BCUT2D eigenvalue weighted by atomic mass is 16.2. The van der Waals surface area contributed by atoms with Crippen LogP contribution in [0.2, 0.25) is 0 Å². The Balaban J connectivity index is 1.46. The van der Waals surface area contributed by atoms with E-state index >= 15 is 0 Å². The van der Waals surface area contributed by atoms with Crippen LogP contribution in [0.25, 0.3) is 0 Å². The molecule has 1 aliphatic heterocycles. The summed E-state index contributed by atoms with van der Waals surface area (Å²) in [5.41, 5.74) is 2.77. The number of aromatic nitrogens is 3. The average Bonchev–Trinajstić information content (AvgIpc) is 3.05. The molecule has 0 unspecified atom stereocenters. The second kappa shape index (κ2) is 7.39. The zero-order valence-electron chi connectivity index (χ0n) is 17.6. The van der Waals surface area contributed by atoms with Crippen molar-refractivity contribution in [2.75, 3.05) is 13.1 Å². The predicted octanol–water partition coefficient (Wildman–Crippen LogP) is 2.90. The van der Waals surface area contributed by atoms with Crippen LogP contribution in [-0.2, 0) is 28.5 Å². The number of nitrogens with one attached hydrogen (secondary N) is 1. The lowest BCUT2D eigenvalue weighted by molar-refractivity contribution is -0.132. The minimum absolute atomic E-state index is 0.0210. The van der Waals surface area contributed by atoms with E-state index in [-0.39, 0.29) is 22.3 Å². The Kier molecular flexibility index (Phi) is 5.05. The van der Waals surface area contributed by atoms with Crippen LogP contribution < -0.4 is 5.56 Å². The monoisotopic (exact) mass is 394 g/mol. The molecule has 1 amide bonds.